The zero-order valence-electron chi connectivity index (χ0n) is 13.0. The van der Waals surface area contributed by atoms with Gasteiger partial charge in [-0.15, -0.1) is 0 Å². The van der Waals surface area contributed by atoms with Gasteiger partial charge in [0.05, 0.1) is 4.92 Å². The maximum Gasteiger partial charge on any atom is 0.407 e. The molecule has 2 N–H and O–H groups in total. The number of nitrogens with one attached hydrogen (secondary N) is 2. The molecule has 0 aliphatic rings. The number of anilines is 1. The lowest BCUT2D eigenvalue weighted by Crippen LogP contribution is -2.38. The molecule has 1 amide bonds. The van der Waals surface area contributed by atoms with Crippen molar-refractivity contribution in [3.8, 4) is 0 Å². The van der Waals surface area contributed by atoms with Crippen LogP contribution in [0.1, 0.15) is 27.7 Å². The molecule has 0 aliphatic heterocycles. The van der Waals surface area contributed by atoms with Crippen LogP contribution in [0.2, 0.25) is 0 Å². The third-order valence-electron chi connectivity index (χ3n) is 2.51. The Morgan fingerprint density at radius 1 is 1.45 bits per heavy atom. The number of ether oxygens (including phenoxy) is 1. The van der Waals surface area contributed by atoms with Crippen LogP contribution in [0.4, 0.5) is 20.6 Å². The van der Waals surface area contributed by atoms with Crippen LogP contribution >= 0.6 is 0 Å². The van der Waals surface area contributed by atoms with Gasteiger partial charge in [0, 0.05) is 24.7 Å². The molecule has 0 saturated carbocycles. The highest BCUT2D eigenvalue weighted by Gasteiger charge is 2.18. The summed E-state index contributed by atoms with van der Waals surface area (Å²) in [6.07, 6.45) is -0.588. The number of amides is 1. The summed E-state index contributed by atoms with van der Waals surface area (Å²) in [5, 5.41) is 16.2. The van der Waals surface area contributed by atoms with E-state index in [1.54, 1.807) is 27.7 Å². The minimum absolute atomic E-state index is 0.0588. The molecule has 0 radical (unpaired) electrons. The smallest absolute Gasteiger partial charge is 0.407 e. The van der Waals surface area contributed by atoms with Gasteiger partial charge in [0.25, 0.3) is 5.69 Å². The summed E-state index contributed by atoms with van der Waals surface area (Å²) in [5.74, 6) is -0.583. The van der Waals surface area contributed by atoms with Crippen molar-refractivity contribution in [1.82, 2.24) is 5.32 Å². The maximum absolute atomic E-state index is 13.2. The Kier molecular flexibility index (Phi) is 5.67. The SMILES string of the molecule is CC(CNC(=O)OC(C)(C)C)Nc1cc(F)ccc1[N+](=O)[O-]. The van der Waals surface area contributed by atoms with Crippen molar-refractivity contribution in [3.05, 3.63) is 34.1 Å². The van der Waals surface area contributed by atoms with Gasteiger partial charge in [-0.25, -0.2) is 9.18 Å². The number of rotatable bonds is 5. The van der Waals surface area contributed by atoms with Crippen molar-refractivity contribution in [2.24, 2.45) is 0 Å². The fourth-order valence-electron chi connectivity index (χ4n) is 1.65. The van der Waals surface area contributed by atoms with Crippen molar-refractivity contribution in [1.29, 1.82) is 0 Å². The second-order valence-electron chi connectivity index (χ2n) is 5.85. The number of carbonyl (C=O) groups is 1. The Morgan fingerprint density at radius 2 is 2.09 bits per heavy atom. The molecule has 1 unspecified atom stereocenters. The molecule has 22 heavy (non-hydrogen) atoms. The number of nitro benzene ring substituents is 1. The van der Waals surface area contributed by atoms with E-state index in [0.717, 1.165) is 18.2 Å². The normalized spacial score (nSPS) is 12.4. The van der Waals surface area contributed by atoms with Crippen molar-refractivity contribution in [2.75, 3.05) is 11.9 Å². The third-order valence-corrected chi connectivity index (χ3v) is 2.51. The van der Waals surface area contributed by atoms with Crippen molar-refractivity contribution >= 4 is 17.5 Å². The summed E-state index contributed by atoms with van der Waals surface area (Å²) < 4.78 is 18.3. The Morgan fingerprint density at radius 3 is 2.64 bits per heavy atom. The number of nitro groups is 1. The first-order valence-corrected chi connectivity index (χ1v) is 6.76. The number of alkyl carbamates (subject to hydrolysis) is 1. The molecule has 0 aromatic heterocycles. The number of benzene rings is 1. The third kappa shape index (κ3) is 5.94. The van der Waals surface area contributed by atoms with E-state index in [4.69, 9.17) is 4.74 Å². The van der Waals surface area contributed by atoms with Gasteiger partial charge in [-0.05, 0) is 33.8 Å². The minimum atomic E-state index is -0.609. The van der Waals surface area contributed by atoms with Crippen LogP contribution in [0.3, 0.4) is 0 Å². The van der Waals surface area contributed by atoms with Crippen molar-refractivity contribution in [3.63, 3.8) is 0 Å². The number of nitrogens with zero attached hydrogens (tertiary/aromatic N) is 1. The Balaban J connectivity index is 2.62. The molecule has 1 atom stereocenters. The summed E-state index contributed by atoms with van der Waals surface area (Å²) >= 11 is 0. The van der Waals surface area contributed by atoms with Gasteiger partial charge in [0.2, 0.25) is 0 Å². The van der Waals surface area contributed by atoms with Crippen LogP contribution in [0.5, 0.6) is 0 Å². The van der Waals surface area contributed by atoms with Gasteiger partial charge in [-0.3, -0.25) is 10.1 Å². The predicted octanol–water partition coefficient (Wildman–Crippen LogP) is 3.06. The second kappa shape index (κ2) is 7.06. The number of carbonyl (C=O) groups excluding carboxylic acids is 1. The average molecular weight is 313 g/mol. The first-order valence-electron chi connectivity index (χ1n) is 6.76. The molecule has 122 valence electrons. The summed E-state index contributed by atoms with van der Waals surface area (Å²) in [7, 11) is 0. The van der Waals surface area contributed by atoms with E-state index in [0.29, 0.717) is 0 Å². The van der Waals surface area contributed by atoms with Crippen LogP contribution in [0.15, 0.2) is 18.2 Å². The largest absolute Gasteiger partial charge is 0.444 e. The molecule has 1 aromatic rings. The van der Waals surface area contributed by atoms with Gasteiger partial charge >= 0.3 is 6.09 Å². The highest BCUT2D eigenvalue weighted by atomic mass is 19.1. The molecule has 7 nitrogen and oxygen atoms in total. The molecular weight excluding hydrogens is 293 g/mol. The molecule has 0 heterocycles. The maximum atomic E-state index is 13.2. The molecule has 0 spiro atoms. The highest BCUT2D eigenvalue weighted by molar-refractivity contribution is 5.68. The van der Waals surface area contributed by atoms with Crippen LogP contribution < -0.4 is 10.6 Å². The first-order chi connectivity index (χ1) is 10.1. The molecule has 0 fully saturated rings. The minimum Gasteiger partial charge on any atom is -0.444 e. The molecular formula is C14H20FN3O4. The molecule has 1 aromatic carbocycles. The van der Waals surface area contributed by atoms with Gasteiger partial charge < -0.3 is 15.4 Å². The quantitative estimate of drug-likeness (QED) is 0.643. The fraction of sp³-hybridized carbons (Fsp3) is 0.500. The van der Waals surface area contributed by atoms with E-state index in [2.05, 4.69) is 10.6 Å². The summed E-state index contributed by atoms with van der Waals surface area (Å²) in [4.78, 5) is 21.8. The van der Waals surface area contributed by atoms with Crippen molar-refractivity contribution in [2.45, 2.75) is 39.3 Å². The van der Waals surface area contributed by atoms with E-state index >= 15 is 0 Å². The lowest BCUT2D eigenvalue weighted by atomic mass is 10.2. The Labute approximate surface area is 128 Å². The van der Waals surface area contributed by atoms with E-state index in [1.165, 1.54) is 0 Å². The molecule has 0 aliphatic carbocycles. The summed E-state index contributed by atoms with van der Waals surface area (Å²) in [6, 6.07) is 2.80. The Hall–Kier alpha value is -2.38. The fourth-order valence-corrected chi connectivity index (χ4v) is 1.65. The number of halogens is 1. The second-order valence-corrected chi connectivity index (χ2v) is 5.85. The average Bonchev–Trinajstić information content (AvgIpc) is 2.34. The zero-order chi connectivity index (χ0) is 16.9. The van der Waals surface area contributed by atoms with Gasteiger partial charge in [0.15, 0.2) is 0 Å². The van der Waals surface area contributed by atoms with Crippen LogP contribution in [0.25, 0.3) is 0 Å². The molecule has 1 rings (SSSR count). The highest BCUT2D eigenvalue weighted by Crippen LogP contribution is 2.25. The lowest BCUT2D eigenvalue weighted by molar-refractivity contribution is -0.384. The summed E-state index contributed by atoms with van der Waals surface area (Å²) in [6.45, 7) is 7.09. The predicted molar refractivity (Wildman–Crippen MR) is 80.4 cm³/mol. The van der Waals surface area contributed by atoms with Crippen LogP contribution in [0, 0.1) is 15.9 Å². The Bertz CT molecular complexity index is 558. The van der Waals surface area contributed by atoms with E-state index in [1.807, 2.05) is 0 Å². The van der Waals surface area contributed by atoms with E-state index in [9.17, 15) is 19.3 Å². The number of hydrogen-bond acceptors (Lipinski definition) is 5. The molecule has 0 saturated heterocycles. The first kappa shape index (κ1) is 17.7. The monoisotopic (exact) mass is 313 g/mol. The molecule has 8 heteroatoms. The van der Waals surface area contributed by atoms with Crippen molar-refractivity contribution < 1.29 is 18.8 Å². The number of hydrogen-bond donors (Lipinski definition) is 2. The van der Waals surface area contributed by atoms with Crippen LogP contribution in [-0.4, -0.2) is 29.2 Å². The van der Waals surface area contributed by atoms with Crippen LogP contribution in [-0.2, 0) is 4.74 Å². The molecule has 0 bridgehead atoms. The summed E-state index contributed by atoms with van der Waals surface area (Å²) in [5.41, 5.74) is -0.781. The standard InChI is InChI=1S/C14H20FN3O4/c1-9(8-16-13(19)22-14(2,3)4)17-11-7-10(15)5-6-12(11)18(20)21/h5-7,9,17H,8H2,1-4H3,(H,16,19). The van der Waals surface area contributed by atoms with E-state index in [-0.39, 0.29) is 24.0 Å². The van der Waals surface area contributed by atoms with Gasteiger partial charge in [0.1, 0.15) is 17.1 Å². The van der Waals surface area contributed by atoms with Gasteiger partial charge in [-0.2, -0.15) is 0 Å². The lowest BCUT2D eigenvalue weighted by Gasteiger charge is -2.21. The van der Waals surface area contributed by atoms with Gasteiger partial charge in [-0.1, -0.05) is 0 Å². The zero-order valence-corrected chi connectivity index (χ0v) is 13.0. The van der Waals surface area contributed by atoms with E-state index < -0.39 is 22.4 Å². The topological polar surface area (TPSA) is 93.5 Å².